The van der Waals surface area contributed by atoms with Crippen molar-refractivity contribution in [2.75, 3.05) is 4.72 Å². The van der Waals surface area contributed by atoms with Crippen LogP contribution in [0.15, 0.2) is 27.9 Å². The van der Waals surface area contributed by atoms with Crippen molar-refractivity contribution >= 4 is 38.6 Å². The van der Waals surface area contributed by atoms with Crippen molar-refractivity contribution in [1.29, 1.82) is 0 Å². The molecule has 7 heteroatoms. The molecule has 96 valence electrons. The molecule has 0 spiro atoms. The summed E-state index contributed by atoms with van der Waals surface area (Å²) in [5.41, 5.74) is 1.84. The monoisotopic (exact) mass is 302 g/mol. The standard InChI is InChI=1S/C11H11ClN2O2S2/c1-7-6-17-11(13-7)18(15,16)14-10-5-3-4-9(12)8(10)2/h3-6,14H,1-2H3. The Morgan fingerprint density at radius 3 is 2.67 bits per heavy atom. The normalized spacial score (nSPS) is 11.5. The van der Waals surface area contributed by atoms with E-state index in [9.17, 15) is 8.42 Å². The van der Waals surface area contributed by atoms with Gasteiger partial charge in [0.1, 0.15) is 0 Å². The fraction of sp³-hybridized carbons (Fsp3) is 0.182. The summed E-state index contributed by atoms with van der Waals surface area (Å²) in [5, 5.41) is 2.21. The Balaban J connectivity index is 2.37. The van der Waals surface area contributed by atoms with Gasteiger partial charge in [-0.3, -0.25) is 4.72 Å². The molecule has 1 N–H and O–H groups in total. The van der Waals surface area contributed by atoms with Gasteiger partial charge in [-0.15, -0.1) is 11.3 Å². The van der Waals surface area contributed by atoms with Crippen molar-refractivity contribution in [3.05, 3.63) is 39.9 Å². The number of aromatic nitrogens is 1. The average Bonchev–Trinajstić information content (AvgIpc) is 2.72. The average molecular weight is 303 g/mol. The van der Waals surface area contributed by atoms with E-state index in [1.165, 1.54) is 0 Å². The lowest BCUT2D eigenvalue weighted by atomic mass is 10.2. The summed E-state index contributed by atoms with van der Waals surface area (Å²) in [6.45, 7) is 3.51. The van der Waals surface area contributed by atoms with Crippen LogP contribution in [0.3, 0.4) is 0 Å². The van der Waals surface area contributed by atoms with E-state index in [1.54, 1.807) is 37.4 Å². The predicted octanol–water partition coefficient (Wildman–Crippen LogP) is 3.21. The summed E-state index contributed by atoms with van der Waals surface area (Å²) in [6, 6.07) is 5.07. The molecule has 1 heterocycles. The van der Waals surface area contributed by atoms with E-state index < -0.39 is 10.0 Å². The topological polar surface area (TPSA) is 59.1 Å². The van der Waals surface area contributed by atoms with Gasteiger partial charge in [-0.2, -0.15) is 8.42 Å². The molecule has 2 aromatic rings. The molecule has 0 saturated carbocycles. The van der Waals surface area contributed by atoms with Crippen LogP contribution in [0.1, 0.15) is 11.3 Å². The molecule has 1 aromatic heterocycles. The minimum atomic E-state index is -3.63. The van der Waals surface area contributed by atoms with Crippen LogP contribution in [0.5, 0.6) is 0 Å². The third-order valence-electron chi connectivity index (χ3n) is 2.34. The second-order valence-electron chi connectivity index (χ2n) is 3.77. The van der Waals surface area contributed by atoms with Gasteiger partial charge in [-0.25, -0.2) is 4.98 Å². The Bertz CT molecular complexity index is 680. The number of thiazole rings is 1. The van der Waals surface area contributed by atoms with Crippen molar-refractivity contribution in [2.45, 2.75) is 18.2 Å². The summed E-state index contributed by atoms with van der Waals surface area (Å²) in [6.07, 6.45) is 0. The maximum atomic E-state index is 12.1. The first-order chi connectivity index (χ1) is 8.40. The fourth-order valence-corrected chi connectivity index (χ4v) is 3.70. The Labute approximate surface area is 115 Å². The summed E-state index contributed by atoms with van der Waals surface area (Å²) >= 11 is 7.04. The van der Waals surface area contributed by atoms with E-state index in [0.717, 1.165) is 11.3 Å². The summed E-state index contributed by atoms with van der Waals surface area (Å²) in [5.74, 6) is 0. The molecule has 0 fully saturated rings. The molecule has 0 radical (unpaired) electrons. The van der Waals surface area contributed by atoms with Crippen LogP contribution in [-0.2, 0) is 10.0 Å². The number of nitrogens with zero attached hydrogens (tertiary/aromatic N) is 1. The molecule has 18 heavy (non-hydrogen) atoms. The Kier molecular flexibility index (Phi) is 3.61. The number of anilines is 1. The second kappa shape index (κ2) is 4.87. The van der Waals surface area contributed by atoms with Gasteiger partial charge in [-0.05, 0) is 31.5 Å². The largest absolute Gasteiger partial charge is 0.289 e. The van der Waals surface area contributed by atoms with Gasteiger partial charge in [-0.1, -0.05) is 17.7 Å². The van der Waals surface area contributed by atoms with E-state index in [0.29, 0.717) is 22.0 Å². The maximum Gasteiger partial charge on any atom is 0.289 e. The van der Waals surface area contributed by atoms with E-state index in [2.05, 4.69) is 9.71 Å². The minimum Gasteiger partial charge on any atom is -0.277 e. The summed E-state index contributed by atoms with van der Waals surface area (Å²) in [4.78, 5) is 3.97. The number of sulfonamides is 1. The van der Waals surface area contributed by atoms with Crippen molar-refractivity contribution < 1.29 is 8.42 Å². The predicted molar refractivity (Wildman–Crippen MR) is 73.8 cm³/mol. The van der Waals surface area contributed by atoms with Crippen molar-refractivity contribution in [2.24, 2.45) is 0 Å². The molecule has 0 aliphatic rings. The molecule has 0 amide bonds. The quantitative estimate of drug-likeness (QED) is 0.947. The van der Waals surface area contributed by atoms with E-state index in [1.807, 2.05) is 0 Å². The highest BCUT2D eigenvalue weighted by atomic mass is 35.5. The SMILES string of the molecule is Cc1csc(S(=O)(=O)Nc2cccc(Cl)c2C)n1. The fourth-order valence-electron chi connectivity index (χ4n) is 1.36. The lowest BCUT2D eigenvalue weighted by Gasteiger charge is -2.09. The number of hydrogen-bond donors (Lipinski definition) is 1. The minimum absolute atomic E-state index is 0.0550. The first kappa shape index (κ1) is 13.3. The molecule has 2 rings (SSSR count). The number of halogens is 1. The Morgan fingerprint density at radius 1 is 1.33 bits per heavy atom. The summed E-state index contributed by atoms with van der Waals surface area (Å²) in [7, 11) is -3.63. The molecule has 0 unspecified atom stereocenters. The van der Waals surface area contributed by atoms with Crippen LogP contribution in [0, 0.1) is 13.8 Å². The number of hydrogen-bond acceptors (Lipinski definition) is 4. The van der Waals surface area contributed by atoms with Gasteiger partial charge >= 0.3 is 0 Å². The molecule has 0 bridgehead atoms. The third kappa shape index (κ3) is 2.66. The van der Waals surface area contributed by atoms with Crippen molar-refractivity contribution in [3.63, 3.8) is 0 Å². The number of aryl methyl sites for hydroxylation is 1. The van der Waals surface area contributed by atoms with Crippen LogP contribution < -0.4 is 4.72 Å². The smallest absolute Gasteiger partial charge is 0.277 e. The first-order valence-corrected chi connectivity index (χ1v) is 7.84. The van der Waals surface area contributed by atoms with Crippen molar-refractivity contribution in [3.8, 4) is 0 Å². The molecular weight excluding hydrogens is 292 g/mol. The van der Waals surface area contributed by atoms with Crippen molar-refractivity contribution in [1.82, 2.24) is 4.98 Å². The van der Waals surface area contributed by atoms with E-state index in [-0.39, 0.29) is 4.34 Å². The third-order valence-corrected chi connectivity index (χ3v) is 5.49. The molecular formula is C11H11ClN2O2S2. The lowest BCUT2D eigenvalue weighted by Crippen LogP contribution is -2.13. The second-order valence-corrected chi connectivity index (χ2v) is 6.89. The molecule has 4 nitrogen and oxygen atoms in total. The van der Waals surface area contributed by atoms with E-state index >= 15 is 0 Å². The number of benzene rings is 1. The molecule has 0 aliphatic heterocycles. The maximum absolute atomic E-state index is 12.1. The van der Waals surface area contributed by atoms with Crippen LogP contribution >= 0.6 is 22.9 Å². The zero-order valence-corrected chi connectivity index (χ0v) is 12.2. The molecule has 0 atom stereocenters. The van der Waals surface area contributed by atoms with Gasteiger partial charge in [0.15, 0.2) is 0 Å². The number of nitrogens with one attached hydrogen (secondary N) is 1. The van der Waals surface area contributed by atoms with Crippen LogP contribution in [0.2, 0.25) is 5.02 Å². The highest BCUT2D eigenvalue weighted by molar-refractivity contribution is 7.94. The highest BCUT2D eigenvalue weighted by Crippen LogP contribution is 2.26. The lowest BCUT2D eigenvalue weighted by molar-refractivity contribution is 0.600. The van der Waals surface area contributed by atoms with Gasteiger partial charge in [0.25, 0.3) is 10.0 Å². The molecule has 0 saturated heterocycles. The van der Waals surface area contributed by atoms with Crippen LogP contribution in [-0.4, -0.2) is 13.4 Å². The Morgan fingerprint density at radius 2 is 2.06 bits per heavy atom. The highest BCUT2D eigenvalue weighted by Gasteiger charge is 2.19. The zero-order chi connectivity index (χ0) is 13.3. The van der Waals surface area contributed by atoms with Gasteiger partial charge in [0.05, 0.1) is 5.69 Å². The molecule has 1 aromatic carbocycles. The van der Waals surface area contributed by atoms with Gasteiger partial charge in [0, 0.05) is 16.1 Å². The van der Waals surface area contributed by atoms with Crippen LogP contribution in [0.25, 0.3) is 0 Å². The van der Waals surface area contributed by atoms with E-state index in [4.69, 9.17) is 11.6 Å². The zero-order valence-electron chi connectivity index (χ0n) is 9.77. The molecule has 0 aliphatic carbocycles. The number of rotatable bonds is 3. The Hall–Kier alpha value is -1.11. The first-order valence-electron chi connectivity index (χ1n) is 5.10. The van der Waals surface area contributed by atoms with Gasteiger partial charge in [0.2, 0.25) is 4.34 Å². The van der Waals surface area contributed by atoms with Gasteiger partial charge < -0.3 is 0 Å². The summed E-state index contributed by atoms with van der Waals surface area (Å²) < 4.78 is 26.7. The van der Waals surface area contributed by atoms with Crippen LogP contribution in [0.4, 0.5) is 5.69 Å².